The van der Waals surface area contributed by atoms with Crippen LogP contribution in [0.1, 0.15) is 10.4 Å². The van der Waals surface area contributed by atoms with Crippen molar-refractivity contribution in [1.29, 1.82) is 0 Å². The predicted molar refractivity (Wildman–Crippen MR) is 108 cm³/mol. The van der Waals surface area contributed by atoms with E-state index in [0.29, 0.717) is 5.52 Å². The third-order valence-electron chi connectivity index (χ3n) is 4.12. The molecule has 4 heteroatoms. The van der Waals surface area contributed by atoms with E-state index < -0.39 is 0 Å². The maximum Gasteiger partial charge on any atom is 0.315 e. The van der Waals surface area contributed by atoms with Gasteiger partial charge in [0.25, 0.3) is 5.91 Å². The van der Waals surface area contributed by atoms with Gasteiger partial charge in [-0.2, -0.15) is 0 Å². The molecule has 1 heterocycles. The van der Waals surface area contributed by atoms with E-state index in [1.54, 1.807) is 12.1 Å². The second-order valence-electron chi connectivity index (χ2n) is 5.83. The SMILES string of the molecule is O=C(/C=C/c1cccc(-c2ccccc2)c1)n1c(=O)sc2ccccc21. The first kappa shape index (κ1) is 16.2. The second-order valence-corrected chi connectivity index (χ2v) is 6.83. The first-order valence-corrected chi connectivity index (χ1v) is 9.02. The third-order valence-corrected chi connectivity index (χ3v) is 5.04. The molecule has 26 heavy (non-hydrogen) atoms. The molecule has 0 spiro atoms. The number of hydrogen-bond acceptors (Lipinski definition) is 3. The summed E-state index contributed by atoms with van der Waals surface area (Å²) in [7, 11) is 0. The van der Waals surface area contributed by atoms with Gasteiger partial charge in [-0.3, -0.25) is 9.59 Å². The van der Waals surface area contributed by atoms with Crippen LogP contribution in [0, 0.1) is 0 Å². The molecule has 126 valence electrons. The van der Waals surface area contributed by atoms with Gasteiger partial charge in [0.1, 0.15) is 0 Å². The van der Waals surface area contributed by atoms with E-state index in [1.165, 1.54) is 10.6 Å². The Kier molecular flexibility index (Phi) is 4.33. The molecule has 0 saturated carbocycles. The highest BCUT2D eigenvalue weighted by Crippen LogP contribution is 2.21. The summed E-state index contributed by atoms with van der Waals surface area (Å²) in [4.78, 5) is 24.4. The molecule has 0 fully saturated rings. The Labute approximate surface area is 154 Å². The summed E-state index contributed by atoms with van der Waals surface area (Å²) >= 11 is 1.08. The van der Waals surface area contributed by atoms with Crippen molar-refractivity contribution in [3.05, 3.63) is 100 Å². The lowest BCUT2D eigenvalue weighted by atomic mass is 10.0. The average Bonchev–Trinajstić information content (AvgIpc) is 3.03. The fraction of sp³-hybridized carbons (Fsp3) is 0. The molecule has 0 saturated heterocycles. The number of rotatable bonds is 3. The van der Waals surface area contributed by atoms with E-state index in [-0.39, 0.29) is 10.8 Å². The van der Waals surface area contributed by atoms with E-state index in [9.17, 15) is 9.59 Å². The van der Waals surface area contributed by atoms with Crippen LogP contribution in [-0.4, -0.2) is 10.5 Å². The van der Waals surface area contributed by atoms with E-state index >= 15 is 0 Å². The fourth-order valence-corrected chi connectivity index (χ4v) is 3.75. The van der Waals surface area contributed by atoms with E-state index in [4.69, 9.17) is 0 Å². The second kappa shape index (κ2) is 6.94. The van der Waals surface area contributed by atoms with E-state index in [1.807, 2.05) is 72.8 Å². The first-order chi connectivity index (χ1) is 12.7. The number of fused-ring (bicyclic) bond motifs is 1. The Balaban J connectivity index is 1.65. The molecule has 0 amide bonds. The molecule has 0 unspecified atom stereocenters. The van der Waals surface area contributed by atoms with Crippen molar-refractivity contribution in [3.63, 3.8) is 0 Å². The number of benzene rings is 3. The number of carbonyl (C=O) groups excluding carboxylic acids is 1. The maximum atomic E-state index is 12.6. The Bertz CT molecular complexity index is 1170. The van der Waals surface area contributed by atoms with Crippen LogP contribution in [0.3, 0.4) is 0 Å². The average molecular weight is 357 g/mol. The maximum absolute atomic E-state index is 12.6. The van der Waals surface area contributed by atoms with E-state index in [0.717, 1.165) is 32.7 Å². The van der Waals surface area contributed by atoms with Crippen LogP contribution < -0.4 is 4.87 Å². The Morgan fingerprint density at radius 1 is 0.846 bits per heavy atom. The summed E-state index contributed by atoms with van der Waals surface area (Å²) in [6.07, 6.45) is 3.19. The normalized spacial score (nSPS) is 11.2. The zero-order valence-electron chi connectivity index (χ0n) is 13.8. The molecule has 0 N–H and O–H groups in total. The molecule has 0 atom stereocenters. The number of allylic oxidation sites excluding steroid dienone is 1. The predicted octanol–water partition coefficient (Wildman–Crippen LogP) is 5.08. The van der Waals surface area contributed by atoms with Crippen molar-refractivity contribution >= 4 is 33.5 Å². The van der Waals surface area contributed by atoms with Crippen molar-refractivity contribution in [1.82, 2.24) is 4.57 Å². The van der Waals surface area contributed by atoms with Crippen molar-refractivity contribution in [2.75, 3.05) is 0 Å². The zero-order chi connectivity index (χ0) is 17.9. The van der Waals surface area contributed by atoms with Gasteiger partial charge in [0.05, 0.1) is 10.2 Å². The molecule has 3 nitrogen and oxygen atoms in total. The van der Waals surface area contributed by atoms with Gasteiger partial charge in [-0.05, 0) is 41.0 Å². The molecule has 0 aliphatic rings. The number of nitrogens with zero attached hydrogens (tertiary/aromatic N) is 1. The molecule has 1 aromatic heterocycles. The van der Waals surface area contributed by atoms with Gasteiger partial charge in [-0.1, -0.05) is 72.0 Å². The van der Waals surface area contributed by atoms with Gasteiger partial charge in [0, 0.05) is 6.08 Å². The van der Waals surface area contributed by atoms with Crippen LogP contribution in [0.5, 0.6) is 0 Å². The Morgan fingerprint density at radius 2 is 1.58 bits per heavy atom. The summed E-state index contributed by atoms with van der Waals surface area (Å²) in [6, 6.07) is 25.3. The van der Waals surface area contributed by atoms with Gasteiger partial charge in [0.2, 0.25) is 0 Å². The molecular formula is C22H15NO2S. The lowest BCUT2D eigenvalue weighted by Crippen LogP contribution is -2.19. The molecular weight excluding hydrogens is 342 g/mol. The summed E-state index contributed by atoms with van der Waals surface area (Å²) in [5.41, 5.74) is 3.76. The summed E-state index contributed by atoms with van der Waals surface area (Å²) in [5.74, 6) is -0.336. The molecule has 4 rings (SSSR count). The van der Waals surface area contributed by atoms with Gasteiger partial charge in [-0.15, -0.1) is 0 Å². The standard InChI is InChI=1S/C22H15NO2S/c24-21(23-19-11-4-5-12-20(19)26-22(23)25)14-13-16-7-6-10-18(15-16)17-8-2-1-3-9-17/h1-15H/b14-13+. The number of carbonyl (C=O) groups is 1. The van der Waals surface area contributed by atoms with Crippen molar-refractivity contribution in [2.45, 2.75) is 0 Å². The highest BCUT2D eigenvalue weighted by Gasteiger charge is 2.11. The zero-order valence-corrected chi connectivity index (χ0v) is 14.6. The molecule has 0 aliphatic heterocycles. The first-order valence-electron chi connectivity index (χ1n) is 8.21. The highest BCUT2D eigenvalue weighted by molar-refractivity contribution is 7.16. The summed E-state index contributed by atoms with van der Waals surface area (Å²) in [5, 5.41) is 0. The fourth-order valence-electron chi connectivity index (χ4n) is 2.87. The van der Waals surface area contributed by atoms with Crippen molar-refractivity contribution in [2.24, 2.45) is 0 Å². The number of aromatic nitrogens is 1. The number of para-hydroxylation sites is 1. The summed E-state index contributed by atoms with van der Waals surface area (Å²) < 4.78 is 2.03. The molecule has 0 aliphatic carbocycles. The van der Waals surface area contributed by atoms with Gasteiger partial charge in [0.15, 0.2) is 0 Å². The monoisotopic (exact) mass is 357 g/mol. The van der Waals surface area contributed by atoms with Crippen molar-refractivity contribution < 1.29 is 4.79 Å². The number of hydrogen-bond donors (Lipinski definition) is 0. The van der Waals surface area contributed by atoms with Crippen LogP contribution in [0.15, 0.2) is 89.7 Å². The minimum absolute atomic E-state index is 0.265. The molecule has 4 aromatic rings. The topological polar surface area (TPSA) is 39.1 Å². The van der Waals surface area contributed by atoms with Crippen LogP contribution >= 0.6 is 11.3 Å². The number of thiazole rings is 1. The summed E-state index contributed by atoms with van der Waals surface area (Å²) in [6.45, 7) is 0. The molecule has 0 radical (unpaired) electrons. The van der Waals surface area contributed by atoms with Gasteiger partial charge >= 0.3 is 4.87 Å². The Hall–Kier alpha value is -3.24. The van der Waals surface area contributed by atoms with Crippen LogP contribution in [-0.2, 0) is 0 Å². The van der Waals surface area contributed by atoms with Crippen molar-refractivity contribution in [3.8, 4) is 11.1 Å². The smallest absolute Gasteiger partial charge is 0.269 e. The Morgan fingerprint density at radius 3 is 2.42 bits per heavy atom. The lowest BCUT2D eigenvalue weighted by Gasteiger charge is -2.03. The molecule has 0 bridgehead atoms. The largest absolute Gasteiger partial charge is 0.315 e. The highest BCUT2D eigenvalue weighted by atomic mass is 32.1. The third kappa shape index (κ3) is 3.15. The van der Waals surface area contributed by atoms with Crippen LogP contribution in [0.4, 0.5) is 0 Å². The molecule has 3 aromatic carbocycles. The lowest BCUT2D eigenvalue weighted by molar-refractivity contribution is 0.0972. The van der Waals surface area contributed by atoms with Crippen LogP contribution in [0.2, 0.25) is 0 Å². The van der Waals surface area contributed by atoms with Gasteiger partial charge < -0.3 is 0 Å². The van der Waals surface area contributed by atoms with E-state index in [2.05, 4.69) is 0 Å². The quantitative estimate of drug-likeness (QED) is 0.479. The minimum atomic E-state index is -0.336. The van der Waals surface area contributed by atoms with Gasteiger partial charge in [-0.25, -0.2) is 4.57 Å². The van der Waals surface area contributed by atoms with Crippen LogP contribution in [0.25, 0.3) is 27.4 Å². The minimum Gasteiger partial charge on any atom is -0.269 e.